The van der Waals surface area contributed by atoms with Crippen molar-refractivity contribution in [2.45, 2.75) is 44.2 Å². The summed E-state index contributed by atoms with van der Waals surface area (Å²) in [5.74, 6) is 0.436. The second-order valence-corrected chi connectivity index (χ2v) is 8.78. The number of likely N-dealkylation sites (tertiary alicyclic amines) is 1. The second kappa shape index (κ2) is 6.50. The quantitative estimate of drug-likeness (QED) is 0.529. The van der Waals surface area contributed by atoms with Gasteiger partial charge in [-0.3, -0.25) is 9.20 Å². The Morgan fingerprint density at radius 1 is 1.26 bits per heavy atom. The molecule has 0 aromatic carbocycles. The Balaban J connectivity index is 1.21. The summed E-state index contributed by atoms with van der Waals surface area (Å²) in [5.41, 5.74) is 2.98. The van der Waals surface area contributed by atoms with Crippen LogP contribution in [0.1, 0.15) is 32.6 Å². The summed E-state index contributed by atoms with van der Waals surface area (Å²) in [6, 6.07) is 3.94. The zero-order valence-electron chi connectivity index (χ0n) is 17.1. The molecule has 6 rings (SSSR count). The number of halogens is 1. The van der Waals surface area contributed by atoms with Crippen LogP contribution in [0.2, 0.25) is 0 Å². The zero-order valence-corrected chi connectivity index (χ0v) is 17.1. The monoisotopic (exact) mass is 419 g/mol. The largest absolute Gasteiger partial charge is 0.351 e. The van der Waals surface area contributed by atoms with Crippen molar-refractivity contribution in [1.82, 2.24) is 29.2 Å². The number of amides is 1. The molecule has 0 spiro atoms. The van der Waals surface area contributed by atoms with Crippen LogP contribution in [-0.2, 0) is 4.79 Å². The topological polar surface area (TPSA) is 91.2 Å². The van der Waals surface area contributed by atoms with Gasteiger partial charge in [0, 0.05) is 59.7 Å². The Kier molecular flexibility index (Phi) is 3.84. The van der Waals surface area contributed by atoms with E-state index in [2.05, 4.69) is 32.2 Å². The van der Waals surface area contributed by atoms with Crippen LogP contribution in [0.15, 0.2) is 36.9 Å². The molecule has 2 aliphatic rings. The first-order valence-corrected chi connectivity index (χ1v) is 10.5. The maximum atomic E-state index is 13.9. The number of nitrogens with zero attached hydrogens (tertiary/aromatic N) is 5. The highest BCUT2D eigenvalue weighted by atomic mass is 19.1. The summed E-state index contributed by atoms with van der Waals surface area (Å²) in [6.07, 6.45) is 10.00. The Labute approximate surface area is 177 Å². The first-order chi connectivity index (χ1) is 15.0. The summed E-state index contributed by atoms with van der Waals surface area (Å²) in [5, 5.41) is 4.27. The summed E-state index contributed by atoms with van der Waals surface area (Å²) in [6.45, 7) is 3.03. The number of anilines is 1. The van der Waals surface area contributed by atoms with Gasteiger partial charge >= 0.3 is 0 Å². The number of nitrogens with one attached hydrogen (secondary N) is 2. The van der Waals surface area contributed by atoms with Crippen molar-refractivity contribution in [3.63, 3.8) is 0 Å². The highest BCUT2D eigenvalue weighted by Crippen LogP contribution is 2.41. The molecule has 158 valence electrons. The molecular formula is C22H22FN7O. The van der Waals surface area contributed by atoms with E-state index in [1.54, 1.807) is 18.5 Å². The van der Waals surface area contributed by atoms with E-state index < -0.39 is 5.95 Å². The van der Waals surface area contributed by atoms with Crippen molar-refractivity contribution >= 4 is 28.5 Å². The lowest BCUT2D eigenvalue weighted by Gasteiger charge is -2.51. The van der Waals surface area contributed by atoms with Crippen molar-refractivity contribution in [3.05, 3.63) is 42.9 Å². The lowest BCUT2D eigenvalue weighted by atomic mass is 9.73. The van der Waals surface area contributed by atoms with E-state index >= 15 is 0 Å². The van der Waals surface area contributed by atoms with Gasteiger partial charge in [0.15, 0.2) is 0 Å². The summed E-state index contributed by atoms with van der Waals surface area (Å²) >= 11 is 0. The molecule has 5 heterocycles. The van der Waals surface area contributed by atoms with Gasteiger partial charge in [0.1, 0.15) is 11.3 Å². The molecule has 9 heteroatoms. The van der Waals surface area contributed by atoms with Crippen LogP contribution in [0.3, 0.4) is 0 Å². The normalized spacial score (nSPS) is 23.6. The van der Waals surface area contributed by atoms with E-state index in [9.17, 15) is 9.18 Å². The fourth-order valence-electron chi connectivity index (χ4n) is 5.05. The third-order valence-electron chi connectivity index (χ3n) is 6.63. The zero-order chi connectivity index (χ0) is 21.2. The van der Waals surface area contributed by atoms with Crippen molar-refractivity contribution in [2.75, 3.05) is 11.9 Å². The molecule has 1 aliphatic carbocycles. The van der Waals surface area contributed by atoms with Gasteiger partial charge in [-0.25, -0.2) is 9.97 Å². The lowest BCUT2D eigenvalue weighted by molar-refractivity contribution is -0.136. The number of imidazole rings is 1. The Bertz CT molecular complexity index is 1320. The SMILES string of the molecule is CC1(N2CCCC2=O)CC(Nc2ncc3c(-c4ccc5ncc(F)n5c4)c[nH]c3n2)C1. The highest BCUT2D eigenvalue weighted by Gasteiger charge is 2.48. The molecule has 0 bridgehead atoms. The average molecular weight is 419 g/mol. The van der Waals surface area contributed by atoms with E-state index in [0.29, 0.717) is 18.0 Å². The van der Waals surface area contributed by atoms with Crippen LogP contribution >= 0.6 is 0 Å². The lowest BCUT2D eigenvalue weighted by Crippen LogP contribution is -2.59. The third-order valence-corrected chi connectivity index (χ3v) is 6.63. The van der Waals surface area contributed by atoms with E-state index in [4.69, 9.17) is 0 Å². The maximum Gasteiger partial charge on any atom is 0.224 e. The molecule has 1 amide bonds. The van der Waals surface area contributed by atoms with E-state index in [1.807, 2.05) is 17.2 Å². The molecule has 0 atom stereocenters. The van der Waals surface area contributed by atoms with Gasteiger partial charge in [-0.2, -0.15) is 9.37 Å². The van der Waals surface area contributed by atoms with Crippen LogP contribution in [0.25, 0.3) is 27.8 Å². The van der Waals surface area contributed by atoms with Crippen LogP contribution in [0, 0.1) is 5.95 Å². The van der Waals surface area contributed by atoms with Crippen molar-refractivity contribution < 1.29 is 9.18 Å². The van der Waals surface area contributed by atoms with Crippen LogP contribution in [0.5, 0.6) is 0 Å². The number of H-pyrrole nitrogens is 1. The number of rotatable bonds is 4. The molecular weight excluding hydrogens is 397 g/mol. The first-order valence-electron chi connectivity index (χ1n) is 10.5. The molecule has 1 aliphatic heterocycles. The minimum atomic E-state index is -0.400. The van der Waals surface area contributed by atoms with Gasteiger partial charge in [0.05, 0.1) is 6.20 Å². The fourth-order valence-corrected chi connectivity index (χ4v) is 5.05. The van der Waals surface area contributed by atoms with Crippen LogP contribution in [0.4, 0.5) is 10.3 Å². The van der Waals surface area contributed by atoms with E-state index in [-0.39, 0.29) is 17.5 Å². The molecule has 2 fully saturated rings. The van der Waals surface area contributed by atoms with Gasteiger partial charge in [-0.05, 0) is 38.3 Å². The molecule has 0 unspecified atom stereocenters. The van der Waals surface area contributed by atoms with E-state index in [1.165, 1.54) is 10.6 Å². The number of aromatic amines is 1. The van der Waals surface area contributed by atoms with Gasteiger partial charge in [0.25, 0.3) is 0 Å². The number of hydrogen-bond acceptors (Lipinski definition) is 5. The summed E-state index contributed by atoms with van der Waals surface area (Å²) < 4.78 is 15.3. The fraction of sp³-hybridized carbons (Fsp3) is 0.364. The van der Waals surface area contributed by atoms with Gasteiger partial charge in [0.2, 0.25) is 17.8 Å². The first kappa shape index (κ1) is 18.3. The van der Waals surface area contributed by atoms with Crippen molar-refractivity contribution in [3.8, 4) is 11.1 Å². The van der Waals surface area contributed by atoms with Gasteiger partial charge in [-0.15, -0.1) is 0 Å². The predicted molar refractivity (Wildman–Crippen MR) is 114 cm³/mol. The Morgan fingerprint density at radius 2 is 2.13 bits per heavy atom. The van der Waals surface area contributed by atoms with Gasteiger partial charge < -0.3 is 15.2 Å². The second-order valence-electron chi connectivity index (χ2n) is 8.78. The predicted octanol–water partition coefficient (Wildman–Crippen LogP) is 3.37. The van der Waals surface area contributed by atoms with Gasteiger partial charge in [-0.1, -0.05) is 0 Å². The summed E-state index contributed by atoms with van der Waals surface area (Å²) in [7, 11) is 0. The minimum absolute atomic E-state index is 0.0593. The number of aromatic nitrogens is 5. The Morgan fingerprint density at radius 3 is 2.94 bits per heavy atom. The minimum Gasteiger partial charge on any atom is -0.351 e. The van der Waals surface area contributed by atoms with Crippen molar-refractivity contribution in [1.29, 1.82) is 0 Å². The van der Waals surface area contributed by atoms with E-state index in [0.717, 1.165) is 48.0 Å². The molecule has 0 radical (unpaired) electrons. The molecule has 8 nitrogen and oxygen atoms in total. The highest BCUT2D eigenvalue weighted by molar-refractivity contribution is 5.93. The molecule has 1 saturated heterocycles. The molecule has 31 heavy (non-hydrogen) atoms. The maximum absolute atomic E-state index is 13.9. The number of carbonyl (C=O) groups is 1. The molecule has 4 aromatic rings. The third kappa shape index (κ3) is 2.87. The number of carbonyl (C=O) groups excluding carboxylic acids is 1. The number of hydrogen-bond donors (Lipinski definition) is 2. The van der Waals surface area contributed by atoms with Crippen molar-refractivity contribution in [2.24, 2.45) is 0 Å². The molecule has 1 saturated carbocycles. The number of pyridine rings is 1. The van der Waals surface area contributed by atoms with Crippen LogP contribution < -0.4 is 5.32 Å². The molecule has 2 N–H and O–H groups in total. The summed E-state index contributed by atoms with van der Waals surface area (Å²) in [4.78, 5) is 30.4. The Hall–Kier alpha value is -3.49. The molecule has 4 aromatic heterocycles. The smallest absolute Gasteiger partial charge is 0.224 e. The number of fused-ring (bicyclic) bond motifs is 2. The average Bonchev–Trinajstić information content (AvgIpc) is 3.45. The standard InChI is InChI=1S/C22H22FN7O/c1-22(30-6-2-3-19(30)31)7-14(8-22)27-21-26-10-16-15(9-25-20(16)28-21)13-4-5-18-24-11-17(23)29(18)12-13/h4-5,9-12,14H,2-3,6-8H2,1H3,(H2,25,26,27,28). The van der Waals surface area contributed by atoms with Crippen LogP contribution in [-0.4, -0.2) is 53.3 Å².